The van der Waals surface area contributed by atoms with E-state index >= 15 is 0 Å². The zero-order valence-corrected chi connectivity index (χ0v) is 14.5. The van der Waals surface area contributed by atoms with Gasteiger partial charge in [0.15, 0.2) is 0 Å². The number of quaternary nitrogens is 1. The Bertz CT molecular complexity index is 525. The largest absolute Gasteiger partial charge is 0.460 e. The second-order valence-corrected chi connectivity index (χ2v) is 6.13. The van der Waals surface area contributed by atoms with Crippen molar-refractivity contribution in [2.75, 3.05) is 45.3 Å². The van der Waals surface area contributed by atoms with Crippen LogP contribution in [0, 0.1) is 0 Å². The highest BCUT2D eigenvalue weighted by Crippen LogP contribution is 2.14. The Hall–Kier alpha value is -1.60. The van der Waals surface area contributed by atoms with Crippen LogP contribution in [-0.4, -0.2) is 56.5 Å². The summed E-state index contributed by atoms with van der Waals surface area (Å²) in [6.07, 6.45) is 0. The number of carbonyl (C=O) groups is 1. The van der Waals surface area contributed by atoms with Crippen LogP contribution in [0.25, 0.3) is 0 Å². The summed E-state index contributed by atoms with van der Waals surface area (Å²) in [5.74, 6) is -0.0380. The van der Waals surface area contributed by atoms with E-state index in [4.69, 9.17) is 4.74 Å². The lowest BCUT2D eigenvalue weighted by Crippen LogP contribution is -3.12. The molecule has 0 bridgehead atoms. The number of hydrogen-bond donors (Lipinski definition) is 2. The monoisotopic (exact) mass is 369 g/mol. The predicted molar refractivity (Wildman–Crippen MR) is 90.0 cm³/mol. The fraction of sp³-hybridized carbons (Fsp3) is 0.467. The third-order valence-electron chi connectivity index (χ3n) is 3.51. The molecule has 7 heteroatoms. The minimum absolute atomic E-state index is 0.342. The molecule has 0 saturated carbocycles. The van der Waals surface area contributed by atoms with Gasteiger partial charge in [-0.25, -0.2) is 4.79 Å². The van der Waals surface area contributed by atoms with E-state index in [2.05, 4.69) is 33.5 Å². The second kappa shape index (κ2) is 8.14. The lowest BCUT2D eigenvalue weighted by atomic mass is 10.3. The molecule has 2 N–H and O–H groups in total. The molecule has 0 spiro atoms. The van der Waals surface area contributed by atoms with Crippen LogP contribution in [0.2, 0.25) is 0 Å². The van der Waals surface area contributed by atoms with Crippen molar-refractivity contribution < 1.29 is 14.4 Å². The van der Waals surface area contributed by atoms with E-state index in [1.54, 1.807) is 6.92 Å². The van der Waals surface area contributed by atoms with Crippen molar-refractivity contribution in [2.24, 2.45) is 5.10 Å². The maximum atomic E-state index is 12.2. The molecule has 0 unspecified atom stereocenters. The van der Waals surface area contributed by atoms with Crippen molar-refractivity contribution in [3.05, 3.63) is 28.7 Å². The molecular formula is C15H22BrN4O2+. The number of esters is 1. The fourth-order valence-electron chi connectivity index (χ4n) is 2.18. The molecule has 0 amide bonds. The number of anilines is 1. The van der Waals surface area contributed by atoms with Gasteiger partial charge in [0.25, 0.3) is 0 Å². The Kier molecular flexibility index (Phi) is 6.21. The molecule has 0 aliphatic carbocycles. The van der Waals surface area contributed by atoms with Crippen LogP contribution in [-0.2, 0) is 9.53 Å². The SMILES string of the molecule is CCOC(=O)/C(=N/Nc1ccc(Br)cc1)N1CC[NH+](C)CC1. The van der Waals surface area contributed by atoms with Gasteiger partial charge in [0.1, 0.15) is 0 Å². The highest BCUT2D eigenvalue weighted by molar-refractivity contribution is 9.10. The van der Waals surface area contributed by atoms with Crippen molar-refractivity contribution in [3.8, 4) is 0 Å². The normalized spacial score (nSPS) is 16.5. The Labute approximate surface area is 139 Å². The summed E-state index contributed by atoms with van der Waals surface area (Å²) in [7, 11) is 2.15. The molecule has 1 aromatic carbocycles. The number of carbonyl (C=O) groups excluding carboxylic acids is 1. The Morgan fingerprint density at radius 1 is 1.36 bits per heavy atom. The zero-order valence-electron chi connectivity index (χ0n) is 12.9. The fourth-order valence-corrected chi connectivity index (χ4v) is 2.45. The summed E-state index contributed by atoms with van der Waals surface area (Å²) < 4.78 is 6.12. The first-order valence-electron chi connectivity index (χ1n) is 7.42. The summed E-state index contributed by atoms with van der Waals surface area (Å²) in [4.78, 5) is 15.6. The van der Waals surface area contributed by atoms with Crippen LogP contribution >= 0.6 is 15.9 Å². The van der Waals surface area contributed by atoms with Crippen molar-refractivity contribution >= 4 is 33.4 Å². The van der Waals surface area contributed by atoms with Crippen molar-refractivity contribution in [1.29, 1.82) is 0 Å². The van der Waals surface area contributed by atoms with E-state index in [1.165, 1.54) is 4.90 Å². The first-order chi connectivity index (χ1) is 10.6. The number of amidine groups is 1. The van der Waals surface area contributed by atoms with Crippen molar-refractivity contribution in [1.82, 2.24) is 4.90 Å². The van der Waals surface area contributed by atoms with Gasteiger partial charge in [-0.05, 0) is 31.2 Å². The topological polar surface area (TPSA) is 58.4 Å². The minimum atomic E-state index is -0.383. The molecular weight excluding hydrogens is 348 g/mol. The van der Waals surface area contributed by atoms with E-state index in [-0.39, 0.29) is 5.97 Å². The van der Waals surface area contributed by atoms with Gasteiger partial charge < -0.3 is 14.5 Å². The second-order valence-electron chi connectivity index (χ2n) is 5.22. The first kappa shape index (κ1) is 16.8. The zero-order chi connectivity index (χ0) is 15.9. The summed E-state index contributed by atoms with van der Waals surface area (Å²) in [5.41, 5.74) is 3.76. The van der Waals surface area contributed by atoms with Crippen LogP contribution in [0.3, 0.4) is 0 Å². The number of rotatable bonds is 3. The summed E-state index contributed by atoms with van der Waals surface area (Å²) in [6, 6.07) is 7.62. The first-order valence-corrected chi connectivity index (χ1v) is 8.22. The van der Waals surface area contributed by atoms with E-state index in [0.717, 1.165) is 36.3 Å². The van der Waals surface area contributed by atoms with Crippen molar-refractivity contribution in [2.45, 2.75) is 6.92 Å². The van der Waals surface area contributed by atoms with Crippen molar-refractivity contribution in [3.63, 3.8) is 0 Å². The predicted octanol–water partition coefficient (Wildman–Crippen LogP) is 0.568. The molecule has 2 rings (SSSR count). The average Bonchev–Trinajstić information content (AvgIpc) is 2.51. The maximum absolute atomic E-state index is 12.2. The molecule has 1 aliphatic heterocycles. The van der Waals surface area contributed by atoms with Gasteiger partial charge in [0, 0.05) is 4.47 Å². The number of benzene rings is 1. The van der Waals surface area contributed by atoms with E-state index in [9.17, 15) is 4.79 Å². The van der Waals surface area contributed by atoms with Gasteiger partial charge in [-0.3, -0.25) is 5.43 Å². The van der Waals surface area contributed by atoms with Gasteiger partial charge in [-0.15, -0.1) is 5.10 Å². The number of likely N-dealkylation sites (N-methyl/N-ethyl adjacent to an activating group) is 1. The quantitative estimate of drug-likeness (QED) is 0.354. The molecule has 1 aromatic rings. The van der Waals surface area contributed by atoms with Gasteiger partial charge in [-0.2, -0.15) is 0 Å². The maximum Gasteiger partial charge on any atom is 0.376 e. The van der Waals surface area contributed by atoms with Gasteiger partial charge in [0.05, 0.1) is 45.5 Å². The highest BCUT2D eigenvalue weighted by Gasteiger charge is 2.26. The van der Waals surface area contributed by atoms with E-state index < -0.39 is 0 Å². The molecule has 22 heavy (non-hydrogen) atoms. The lowest BCUT2D eigenvalue weighted by Gasteiger charge is -2.31. The molecule has 1 saturated heterocycles. The van der Waals surface area contributed by atoms with Crippen LogP contribution in [0.15, 0.2) is 33.8 Å². The standard InChI is InChI=1S/C15H21BrN4O2/c1-3-22-15(21)14(20-10-8-19(2)9-11-20)18-17-13-6-4-12(16)5-7-13/h4-7,17H,3,8-11H2,1-2H3/p+1/b18-14-. The Morgan fingerprint density at radius 2 is 2.00 bits per heavy atom. The van der Waals surface area contributed by atoms with Crippen LogP contribution in [0.1, 0.15) is 6.92 Å². The molecule has 6 nitrogen and oxygen atoms in total. The number of piperazine rings is 1. The Morgan fingerprint density at radius 3 is 2.59 bits per heavy atom. The molecule has 0 radical (unpaired) electrons. The molecule has 1 aliphatic rings. The van der Waals surface area contributed by atoms with E-state index in [1.807, 2.05) is 29.2 Å². The molecule has 0 aromatic heterocycles. The summed E-state index contributed by atoms with van der Waals surface area (Å²) in [5, 5.41) is 4.28. The third-order valence-corrected chi connectivity index (χ3v) is 4.04. The van der Waals surface area contributed by atoms with Crippen LogP contribution < -0.4 is 10.3 Å². The number of halogens is 1. The smallest absolute Gasteiger partial charge is 0.376 e. The minimum Gasteiger partial charge on any atom is -0.460 e. The average molecular weight is 370 g/mol. The van der Waals surface area contributed by atoms with Crippen LogP contribution in [0.4, 0.5) is 5.69 Å². The molecule has 1 fully saturated rings. The third kappa shape index (κ3) is 4.71. The number of nitrogens with one attached hydrogen (secondary N) is 2. The molecule has 0 atom stereocenters. The Balaban J connectivity index is 2.10. The number of ether oxygens (including phenoxy) is 1. The lowest BCUT2D eigenvalue weighted by molar-refractivity contribution is -0.883. The molecule has 1 heterocycles. The van der Waals surface area contributed by atoms with Gasteiger partial charge >= 0.3 is 5.97 Å². The van der Waals surface area contributed by atoms with Gasteiger partial charge in [0.2, 0.25) is 5.84 Å². The summed E-state index contributed by atoms with van der Waals surface area (Å²) >= 11 is 3.39. The number of hydrogen-bond acceptors (Lipinski definition) is 4. The van der Waals surface area contributed by atoms with Crippen LogP contribution in [0.5, 0.6) is 0 Å². The van der Waals surface area contributed by atoms with Gasteiger partial charge in [-0.1, -0.05) is 15.9 Å². The summed E-state index contributed by atoms with van der Waals surface area (Å²) in [6.45, 7) is 5.70. The highest BCUT2D eigenvalue weighted by atomic mass is 79.9. The number of nitrogens with zero attached hydrogens (tertiary/aromatic N) is 2. The molecule has 120 valence electrons. The number of hydrazone groups is 1. The van der Waals surface area contributed by atoms with E-state index in [0.29, 0.717) is 12.4 Å².